The molecule has 0 radical (unpaired) electrons. The quantitative estimate of drug-likeness (QED) is 0.800. The van der Waals surface area contributed by atoms with Gasteiger partial charge < -0.3 is 5.73 Å². The number of hydrogen-bond acceptors (Lipinski definition) is 3. The van der Waals surface area contributed by atoms with Crippen molar-refractivity contribution in [3.63, 3.8) is 0 Å². The average Bonchev–Trinajstić information content (AvgIpc) is 2.11. The lowest BCUT2D eigenvalue weighted by atomic mass is 9.87. The maximum Gasteiger partial charge on any atom is 0.241 e. The number of alkyl halides is 2. The van der Waals surface area contributed by atoms with E-state index in [9.17, 15) is 17.2 Å². The molecule has 0 aliphatic carbocycles. The van der Waals surface area contributed by atoms with Crippen molar-refractivity contribution in [1.82, 2.24) is 0 Å². The van der Waals surface area contributed by atoms with E-state index in [1.807, 2.05) is 0 Å². The molecule has 90 valence electrons. The van der Waals surface area contributed by atoms with Gasteiger partial charge in [-0.3, -0.25) is 0 Å². The standard InChI is InChI=1S/C9H17F2NO2S/c10-9(11)8(3-4-12)7-2-1-5-15(13,14)6-7/h7-9H,1-6,12H2. The third-order valence-corrected chi connectivity index (χ3v) is 4.77. The summed E-state index contributed by atoms with van der Waals surface area (Å²) in [7, 11) is -3.10. The van der Waals surface area contributed by atoms with Gasteiger partial charge in [0.1, 0.15) is 0 Å². The molecule has 0 saturated carbocycles. The van der Waals surface area contributed by atoms with Crippen molar-refractivity contribution >= 4 is 9.84 Å². The normalized spacial score (nSPS) is 27.9. The molecule has 1 saturated heterocycles. The van der Waals surface area contributed by atoms with Gasteiger partial charge in [0.25, 0.3) is 0 Å². The third-order valence-electron chi connectivity index (χ3n) is 2.93. The lowest BCUT2D eigenvalue weighted by Crippen LogP contribution is -2.34. The molecule has 0 aromatic carbocycles. The minimum absolute atomic E-state index is 0.0952. The minimum atomic E-state index is -3.10. The summed E-state index contributed by atoms with van der Waals surface area (Å²) >= 11 is 0. The van der Waals surface area contributed by atoms with Gasteiger partial charge >= 0.3 is 0 Å². The maximum absolute atomic E-state index is 12.7. The highest BCUT2D eigenvalue weighted by atomic mass is 32.2. The van der Waals surface area contributed by atoms with E-state index in [2.05, 4.69) is 0 Å². The largest absolute Gasteiger partial charge is 0.330 e. The van der Waals surface area contributed by atoms with E-state index >= 15 is 0 Å². The highest BCUT2D eigenvalue weighted by Gasteiger charge is 2.34. The monoisotopic (exact) mass is 241 g/mol. The molecule has 1 aliphatic rings. The summed E-state index contributed by atoms with van der Waals surface area (Å²) in [6.07, 6.45) is -1.18. The highest BCUT2D eigenvalue weighted by molar-refractivity contribution is 7.91. The Hall–Kier alpha value is -0.230. The Morgan fingerprint density at radius 2 is 2.07 bits per heavy atom. The summed E-state index contributed by atoms with van der Waals surface area (Å²) in [5.41, 5.74) is 5.26. The van der Waals surface area contributed by atoms with Crippen LogP contribution in [0.5, 0.6) is 0 Å². The SMILES string of the molecule is NCCC(C(F)F)C1CCCS(=O)(=O)C1. The Bertz CT molecular complexity index is 292. The molecule has 0 bridgehead atoms. The second kappa shape index (κ2) is 5.21. The van der Waals surface area contributed by atoms with Gasteiger partial charge in [-0.05, 0) is 31.7 Å². The van der Waals surface area contributed by atoms with Crippen molar-refractivity contribution < 1.29 is 17.2 Å². The van der Waals surface area contributed by atoms with E-state index in [1.165, 1.54) is 0 Å². The molecule has 2 unspecified atom stereocenters. The number of halogens is 2. The second-order valence-electron chi connectivity index (χ2n) is 4.09. The summed E-state index contributed by atoms with van der Waals surface area (Å²) in [4.78, 5) is 0. The van der Waals surface area contributed by atoms with E-state index in [0.29, 0.717) is 12.8 Å². The van der Waals surface area contributed by atoms with Crippen LogP contribution in [0.3, 0.4) is 0 Å². The van der Waals surface area contributed by atoms with E-state index < -0.39 is 28.1 Å². The summed E-state index contributed by atoms with van der Waals surface area (Å²) < 4.78 is 48.0. The fourth-order valence-electron chi connectivity index (χ4n) is 2.16. The molecule has 1 heterocycles. The Morgan fingerprint density at radius 3 is 2.53 bits per heavy atom. The molecule has 1 fully saturated rings. The second-order valence-corrected chi connectivity index (χ2v) is 6.32. The highest BCUT2D eigenvalue weighted by Crippen LogP contribution is 2.31. The molecule has 0 spiro atoms. The van der Waals surface area contributed by atoms with Crippen LogP contribution in [-0.4, -0.2) is 32.9 Å². The molecule has 1 rings (SSSR count). The summed E-state index contributed by atoms with van der Waals surface area (Å²) in [6, 6.07) is 0. The Kier molecular flexibility index (Phi) is 4.45. The first-order valence-corrected chi connectivity index (χ1v) is 6.97. The van der Waals surface area contributed by atoms with Gasteiger partial charge in [-0.2, -0.15) is 0 Å². The smallest absolute Gasteiger partial charge is 0.241 e. The fourth-order valence-corrected chi connectivity index (χ4v) is 4.00. The van der Waals surface area contributed by atoms with Gasteiger partial charge in [-0.15, -0.1) is 0 Å². The zero-order valence-corrected chi connectivity index (χ0v) is 9.35. The average molecular weight is 241 g/mol. The van der Waals surface area contributed by atoms with E-state index in [0.717, 1.165) is 0 Å². The first kappa shape index (κ1) is 12.8. The Morgan fingerprint density at radius 1 is 1.40 bits per heavy atom. The van der Waals surface area contributed by atoms with Gasteiger partial charge in [0.05, 0.1) is 11.5 Å². The predicted molar refractivity (Wildman–Crippen MR) is 54.5 cm³/mol. The van der Waals surface area contributed by atoms with Gasteiger partial charge in [0.15, 0.2) is 9.84 Å². The molecular formula is C9H17F2NO2S. The zero-order chi connectivity index (χ0) is 11.5. The van der Waals surface area contributed by atoms with Crippen molar-refractivity contribution in [1.29, 1.82) is 0 Å². The fraction of sp³-hybridized carbons (Fsp3) is 1.00. The Labute approximate surface area is 88.9 Å². The van der Waals surface area contributed by atoms with Gasteiger partial charge in [-0.1, -0.05) is 0 Å². The van der Waals surface area contributed by atoms with Crippen molar-refractivity contribution in [2.45, 2.75) is 25.7 Å². The van der Waals surface area contributed by atoms with Gasteiger partial charge in [0, 0.05) is 5.92 Å². The first-order valence-electron chi connectivity index (χ1n) is 5.15. The Balaban J connectivity index is 2.67. The van der Waals surface area contributed by atoms with Crippen LogP contribution in [-0.2, 0) is 9.84 Å². The van der Waals surface area contributed by atoms with Crippen LogP contribution >= 0.6 is 0 Å². The van der Waals surface area contributed by atoms with E-state index in [1.54, 1.807) is 0 Å². The molecule has 1 aliphatic heterocycles. The number of nitrogens with two attached hydrogens (primary N) is 1. The topological polar surface area (TPSA) is 60.2 Å². The molecule has 15 heavy (non-hydrogen) atoms. The first-order chi connectivity index (χ1) is 6.96. The zero-order valence-electron chi connectivity index (χ0n) is 8.53. The van der Waals surface area contributed by atoms with Crippen LogP contribution in [0.1, 0.15) is 19.3 Å². The summed E-state index contributed by atoms with van der Waals surface area (Å²) in [5, 5.41) is 0. The van der Waals surface area contributed by atoms with Crippen molar-refractivity contribution in [3.8, 4) is 0 Å². The van der Waals surface area contributed by atoms with Crippen LogP contribution in [0.15, 0.2) is 0 Å². The third kappa shape index (κ3) is 3.68. The number of rotatable bonds is 4. The molecule has 0 aromatic rings. The number of hydrogen-bond donors (Lipinski definition) is 1. The lowest BCUT2D eigenvalue weighted by molar-refractivity contribution is 0.0414. The molecule has 2 atom stereocenters. The predicted octanol–water partition coefficient (Wildman–Crippen LogP) is 1.04. The number of sulfone groups is 1. The van der Waals surface area contributed by atoms with Crippen LogP contribution in [0.2, 0.25) is 0 Å². The summed E-state index contributed by atoms with van der Waals surface area (Å²) in [5.74, 6) is -1.22. The van der Waals surface area contributed by atoms with E-state index in [4.69, 9.17) is 5.73 Å². The minimum Gasteiger partial charge on any atom is -0.330 e. The van der Waals surface area contributed by atoms with Crippen LogP contribution < -0.4 is 5.73 Å². The van der Waals surface area contributed by atoms with Crippen molar-refractivity contribution in [3.05, 3.63) is 0 Å². The van der Waals surface area contributed by atoms with Crippen LogP contribution in [0.4, 0.5) is 8.78 Å². The van der Waals surface area contributed by atoms with Crippen molar-refractivity contribution in [2.24, 2.45) is 17.6 Å². The van der Waals surface area contributed by atoms with Gasteiger partial charge in [0.2, 0.25) is 6.43 Å². The molecule has 2 N–H and O–H groups in total. The van der Waals surface area contributed by atoms with Crippen LogP contribution in [0.25, 0.3) is 0 Å². The van der Waals surface area contributed by atoms with E-state index in [-0.39, 0.29) is 24.5 Å². The molecule has 0 aromatic heterocycles. The molecule has 3 nitrogen and oxygen atoms in total. The van der Waals surface area contributed by atoms with Gasteiger partial charge in [-0.25, -0.2) is 17.2 Å². The molecule has 0 amide bonds. The molecular weight excluding hydrogens is 224 g/mol. The van der Waals surface area contributed by atoms with Crippen molar-refractivity contribution in [2.75, 3.05) is 18.1 Å². The lowest BCUT2D eigenvalue weighted by Gasteiger charge is -2.29. The maximum atomic E-state index is 12.7. The molecule has 6 heteroatoms. The summed E-state index contributed by atoms with van der Waals surface area (Å²) in [6.45, 7) is 0.186. The van der Waals surface area contributed by atoms with Crippen LogP contribution in [0, 0.1) is 11.8 Å².